The van der Waals surface area contributed by atoms with Crippen LogP contribution in [-0.2, 0) is 5.33 Å². The number of nitriles is 1. The van der Waals surface area contributed by atoms with Gasteiger partial charge in [0.05, 0.1) is 0 Å². The van der Waals surface area contributed by atoms with Crippen LogP contribution in [-0.4, -0.2) is 6.61 Å². The first-order valence-electron chi connectivity index (χ1n) is 4.03. The molecule has 0 N–H and O–H groups in total. The van der Waals surface area contributed by atoms with E-state index in [-0.39, 0.29) is 6.61 Å². The van der Waals surface area contributed by atoms with E-state index < -0.39 is 0 Å². The van der Waals surface area contributed by atoms with Crippen LogP contribution in [0.2, 0.25) is 5.02 Å². The molecule has 0 saturated heterocycles. The lowest BCUT2D eigenvalue weighted by Crippen LogP contribution is -1.99. The zero-order valence-corrected chi connectivity index (χ0v) is 10.0. The predicted molar refractivity (Wildman–Crippen MR) is 59.9 cm³/mol. The van der Waals surface area contributed by atoms with Crippen molar-refractivity contribution < 1.29 is 4.74 Å². The van der Waals surface area contributed by atoms with Crippen LogP contribution in [0, 0.1) is 18.3 Å². The van der Waals surface area contributed by atoms with Crippen molar-refractivity contribution in [2.75, 3.05) is 6.61 Å². The molecule has 4 heteroatoms. The van der Waals surface area contributed by atoms with E-state index in [9.17, 15) is 0 Å². The number of aryl methyl sites for hydroxylation is 1. The molecule has 1 aromatic rings. The molecule has 0 atom stereocenters. The standard InChI is InChI=1S/C10H9BrClNO/c1-7-4-9(12)5-8(6-11)10(7)14-3-2-13/h4-5H,3,6H2,1H3. The quantitative estimate of drug-likeness (QED) is 0.791. The monoisotopic (exact) mass is 273 g/mol. The van der Waals surface area contributed by atoms with Gasteiger partial charge in [0.15, 0.2) is 6.61 Å². The maximum absolute atomic E-state index is 8.42. The van der Waals surface area contributed by atoms with E-state index in [4.69, 9.17) is 21.6 Å². The second kappa shape index (κ2) is 5.23. The highest BCUT2D eigenvalue weighted by Crippen LogP contribution is 2.29. The number of hydrogen-bond donors (Lipinski definition) is 0. The summed E-state index contributed by atoms with van der Waals surface area (Å²) in [7, 11) is 0. The third kappa shape index (κ3) is 2.63. The van der Waals surface area contributed by atoms with Gasteiger partial charge in [-0.2, -0.15) is 5.26 Å². The Labute approximate surface area is 96.6 Å². The summed E-state index contributed by atoms with van der Waals surface area (Å²) in [4.78, 5) is 0. The molecule has 0 aliphatic carbocycles. The third-order valence-corrected chi connectivity index (χ3v) is 2.56. The van der Waals surface area contributed by atoms with Crippen LogP contribution in [0.25, 0.3) is 0 Å². The molecule has 0 unspecified atom stereocenters. The highest BCUT2D eigenvalue weighted by molar-refractivity contribution is 9.08. The van der Waals surface area contributed by atoms with Gasteiger partial charge in [0.25, 0.3) is 0 Å². The van der Waals surface area contributed by atoms with Gasteiger partial charge in [0.1, 0.15) is 11.8 Å². The number of hydrogen-bond acceptors (Lipinski definition) is 2. The highest BCUT2D eigenvalue weighted by atomic mass is 79.9. The van der Waals surface area contributed by atoms with Gasteiger partial charge < -0.3 is 4.74 Å². The lowest BCUT2D eigenvalue weighted by atomic mass is 10.1. The minimum Gasteiger partial charge on any atom is -0.478 e. The molecule has 0 fully saturated rings. The smallest absolute Gasteiger partial charge is 0.174 e. The van der Waals surface area contributed by atoms with Crippen molar-refractivity contribution in [1.29, 1.82) is 5.26 Å². The van der Waals surface area contributed by atoms with E-state index in [0.717, 1.165) is 16.9 Å². The second-order valence-electron chi connectivity index (χ2n) is 2.79. The Balaban J connectivity index is 3.06. The summed E-state index contributed by atoms with van der Waals surface area (Å²) < 4.78 is 5.31. The minimum absolute atomic E-state index is 0.0580. The van der Waals surface area contributed by atoms with Gasteiger partial charge in [-0.15, -0.1) is 0 Å². The summed E-state index contributed by atoms with van der Waals surface area (Å²) >= 11 is 9.24. The third-order valence-electron chi connectivity index (χ3n) is 1.74. The van der Waals surface area contributed by atoms with Crippen molar-refractivity contribution in [3.05, 3.63) is 28.3 Å². The molecule has 0 amide bonds. The summed E-state index contributed by atoms with van der Waals surface area (Å²) in [6, 6.07) is 5.59. The second-order valence-corrected chi connectivity index (χ2v) is 3.79. The fraction of sp³-hybridized carbons (Fsp3) is 0.300. The topological polar surface area (TPSA) is 33.0 Å². The SMILES string of the molecule is Cc1cc(Cl)cc(CBr)c1OCC#N. The molecule has 14 heavy (non-hydrogen) atoms. The van der Waals surface area contributed by atoms with Crippen LogP contribution < -0.4 is 4.74 Å². The number of ether oxygens (including phenoxy) is 1. The average Bonchev–Trinajstić information content (AvgIpc) is 2.15. The molecule has 0 spiro atoms. The maximum atomic E-state index is 8.42. The molecular weight excluding hydrogens is 265 g/mol. The van der Waals surface area contributed by atoms with Crippen LogP contribution >= 0.6 is 27.5 Å². The van der Waals surface area contributed by atoms with Crippen molar-refractivity contribution in [3.8, 4) is 11.8 Å². The Morgan fingerprint density at radius 3 is 2.86 bits per heavy atom. The molecular formula is C10H9BrClNO. The van der Waals surface area contributed by atoms with Gasteiger partial charge in [-0.25, -0.2) is 0 Å². The summed E-state index contributed by atoms with van der Waals surface area (Å²) in [6.45, 7) is 1.97. The molecule has 0 aromatic heterocycles. The van der Waals surface area contributed by atoms with Crippen molar-refractivity contribution in [2.45, 2.75) is 12.3 Å². The van der Waals surface area contributed by atoms with Crippen LogP contribution in [0.3, 0.4) is 0 Å². The van der Waals surface area contributed by atoms with Crippen LogP contribution in [0.4, 0.5) is 0 Å². The molecule has 0 aliphatic rings. The van der Waals surface area contributed by atoms with Crippen LogP contribution in [0.5, 0.6) is 5.75 Å². The Hall–Kier alpha value is -0.720. The number of alkyl halides is 1. The van der Waals surface area contributed by atoms with E-state index in [1.807, 2.05) is 25.1 Å². The van der Waals surface area contributed by atoms with E-state index >= 15 is 0 Å². The van der Waals surface area contributed by atoms with Crippen molar-refractivity contribution in [1.82, 2.24) is 0 Å². The summed E-state index contributed by atoms with van der Waals surface area (Å²) in [6.07, 6.45) is 0. The van der Waals surface area contributed by atoms with E-state index in [1.165, 1.54) is 0 Å². The Morgan fingerprint density at radius 1 is 1.57 bits per heavy atom. The van der Waals surface area contributed by atoms with Gasteiger partial charge in [-0.1, -0.05) is 27.5 Å². The van der Waals surface area contributed by atoms with Gasteiger partial charge >= 0.3 is 0 Å². The Morgan fingerprint density at radius 2 is 2.29 bits per heavy atom. The Bertz CT molecular complexity index is 373. The molecule has 0 aliphatic heterocycles. The summed E-state index contributed by atoms with van der Waals surface area (Å²) in [5, 5.41) is 9.77. The van der Waals surface area contributed by atoms with Crippen molar-refractivity contribution >= 4 is 27.5 Å². The molecule has 2 nitrogen and oxygen atoms in total. The molecule has 1 aromatic carbocycles. The lowest BCUT2D eigenvalue weighted by molar-refractivity contribution is 0.362. The Kier molecular flexibility index (Phi) is 4.24. The van der Waals surface area contributed by atoms with E-state index in [1.54, 1.807) is 0 Å². The molecule has 1 rings (SSSR count). The molecule has 0 radical (unpaired) electrons. The molecule has 74 valence electrons. The van der Waals surface area contributed by atoms with E-state index in [0.29, 0.717) is 10.4 Å². The highest BCUT2D eigenvalue weighted by Gasteiger charge is 2.07. The molecule has 0 heterocycles. The van der Waals surface area contributed by atoms with Crippen LogP contribution in [0.15, 0.2) is 12.1 Å². The lowest BCUT2D eigenvalue weighted by Gasteiger charge is -2.10. The predicted octanol–water partition coefficient (Wildman–Crippen LogP) is 3.45. The fourth-order valence-corrected chi connectivity index (χ4v) is 1.92. The van der Waals surface area contributed by atoms with Gasteiger partial charge in [0.2, 0.25) is 0 Å². The summed E-state index contributed by atoms with van der Waals surface area (Å²) in [5.41, 5.74) is 1.91. The normalized spacial score (nSPS) is 9.57. The number of nitrogens with zero attached hydrogens (tertiary/aromatic N) is 1. The number of benzene rings is 1. The fourth-order valence-electron chi connectivity index (χ4n) is 1.21. The zero-order valence-electron chi connectivity index (χ0n) is 7.68. The summed E-state index contributed by atoms with van der Waals surface area (Å²) in [5.74, 6) is 0.743. The first-order valence-corrected chi connectivity index (χ1v) is 5.53. The first kappa shape index (κ1) is 11.4. The minimum atomic E-state index is 0.0580. The number of rotatable bonds is 3. The van der Waals surface area contributed by atoms with E-state index in [2.05, 4.69) is 15.9 Å². The molecule has 0 bridgehead atoms. The average molecular weight is 275 g/mol. The molecule has 0 saturated carbocycles. The number of halogens is 2. The van der Waals surface area contributed by atoms with Gasteiger partial charge in [-0.3, -0.25) is 0 Å². The van der Waals surface area contributed by atoms with Crippen molar-refractivity contribution in [3.63, 3.8) is 0 Å². The van der Waals surface area contributed by atoms with Gasteiger partial charge in [0, 0.05) is 15.9 Å². The van der Waals surface area contributed by atoms with Gasteiger partial charge in [-0.05, 0) is 24.6 Å². The van der Waals surface area contributed by atoms with Crippen LogP contribution in [0.1, 0.15) is 11.1 Å². The van der Waals surface area contributed by atoms with Crippen molar-refractivity contribution in [2.24, 2.45) is 0 Å². The maximum Gasteiger partial charge on any atom is 0.174 e. The largest absolute Gasteiger partial charge is 0.478 e. The first-order chi connectivity index (χ1) is 6.69. The zero-order chi connectivity index (χ0) is 10.6.